The second kappa shape index (κ2) is 6.24. The highest BCUT2D eigenvalue weighted by Crippen LogP contribution is 2.33. The Kier molecular flexibility index (Phi) is 4.34. The van der Waals surface area contributed by atoms with Crippen molar-refractivity contribution in [1.82, 2.24) is 4.98 Å². The summed E-state index contributed by atoms with van der Waals surface area (Å²) in [4.78, 5) is 15.7. The fourth-order valence-corrected chi connectivity index (χ4v) is 3.67. The average Bonchev–Trinajstić information content (AvgIpc) is 2.93. The first kappa shape index (κ1) is 15.3. The van der Waals surface area contributed by atoms with Crippen LogP contribution in [0, 0.1) is 0 Å². The molecule has 0 spiro atoms. The van der Waals surface area contributed by atoms with Gasteiger partial charge in [0.1, 0.15) is 5.52 Å². The molecule has 0 saturated carbocycles. The molecule has 1 heterocycles. The first-order valence-electron chi connectivity index (χ1n) is 6.61. The van der Waals surface area contributed by atoms with E-state index >= 15 is 0 Å². The van der Waals surface area contributed by atoms with E-state index < -0.39 is 5.97 Å². The maximum atomic E-state index is 11.2. The summed E-state index contributed by atoms with van der Waals surface area (Å²) in [6, 6.07) is 10.7. The van der Waals surface area contributed by atoms with Gasteiger partial charge < -0.3 is 5.11 Å². The number of nitrogens with zero attached hydrogens (tertiary/aromatic N) is 1. The van der Waals surface area contributed by atoms with Gasteiger partial charge in [-0.25, -0.2) is 9.78 Å². The van der Waals surface area contributed by atoms with Crippen molar-refractivity contribution in [2.45, 2.75) is 12.8 Å². The first-order valence-corrected chi connectivity index (χ1v) is 8.18. The number of aryl methyl sites for hydroxylation is 2. The monoisotopic (exact) mass is 351 g/mol. The lowest BCUT2D eigenvalue weighted by atomic mass is 10.0. The lowest BCUT2D eigenvalue weighted by Gasteiger charge is -2.03. The molecule has 22 heavy (non-hydrogen) atoms. The summed E-state index contributed by atoms with van der Waals surface area (Å²) >= 11 is 13.7. The minimum absolute atomic E-state index is 0.338. The van der Waals surface area contributed by atoms with Gasteiger partial charge in [0.25, 0.3) is 0 Å². The summed E-state index contributed by atoms with van der Waals surface area (Å²) in [7, 11) is 0. The van der Waals surface area contributed by atoms with Crippen molar-refractivity contribution in [1.29, 1.82) is 0 Å². The van der Waals surface area contributed by atoms with E-state index in [0.717, 1.165) is 15.3 Å². The fraction of sp³-hybridized carbons (Fsp3) is 0.125. The number of halogens is 2. The molecule has 0 saturated heterocycles. The molecule has 0 atom stereocenters. The van der Waals surface area contributed by atoms with Crippen LogP contribution in [0.3, 0.4) is 0 Å². The Hall–Kier alpha value is -1.62. The van der Waals surface area contributed by atoms with E-state index in [0.29, 0.717) is 34.0 Å². The first-order chi connectivity index (χ1) is 10.6. The number of hydrogen-bond acceptors (Lipinski definition) is 3. The summed E-state index contributed by atoms with van der Waals surface area (Å²) in [5.41, 5.74) is 1.85. The van der Waals surface area contributed by atoms with E-state index in [4.69, 9.17) is 23.2 Å². The molecule has 0 fully saturated rings. The van der Waals surface area contributed by atoms with E-state index in [2.05, 4.69) is 4.98 Å². The van der Waals surface area contributed by atoms with Crippen LogP contribution in [-0.2, 0) is 12.8 Å². The zero-order valence-corrected chi connectivity index (χ0v) is 13.7. The third-order valence-corrected chi connectivity index (χ3v) is 5.23. The average molecular weight is 352 g/mol. The van der Waals surface area contributed by atoms with Crippen molar-refractivity contribution < 1.29 is 9.90 Å². The van der Waals surface area contributed by atoms with E-state index in [1.165, 1.54) is 0 Å². The summed E-state index contributed by atoms with van der Waals surface area (Å²) < 4.78 is 0.982. The molecule has 1 aromatic heterocycles. The van der Waals surface area contributed by atoms with E-state index in [1.807, 2.05) is 18.2 Å². The minimum atomic E-state index is -0.908. The van der Waals surface area contributed by atoms with Gasteiger partial charge in [0.2, 0.25) is 0 Å². The third-order valence-electron chi connectivity index (χ3n) is 3.35. The number of hydrogen-bond donors (Lipinski definition) is 1. The van der Waals surface area contributed by atoms with Crippen molar-refractivity contribution >= 4 is 50.7 Å². The standard InChI is InChI=1S/C16H11Cl2NO2S/c17-11-6-7-12-15(14(11)18)19-13(22-12)8-5-9-3-1-2-4-10(9)16(20)21/h1-4,6-7H,5,8H2,(H,20,21). The number of aromatic carboxylic acids is 1. The van der Waals surface area contributed by atoms with Crippen LogP contribution in [0.2, 0.25) is 10.0 Å². The number of rotatable bonds is 4. The molecule has 0 radical (unpaired) electrons. The Morgan fingerprint density at radius 2 is 1.91 bits per heavy atom. The summed E-state index contributed by atoms with van der Waals surface area (Å²) in [6.45, 7) is 0. The number of carboxylic acids is 1. The van der Waals surface area contributed by atoms with Crippen molar-refractivity contribution in [2.24, 2.45) is 0 Å². The molecule has 0 aliphatic carbocycles. The van der Waals surface area contributed by atoms with Gasteiger partial charge in [0.15, 0.2) is 0 Å². The molecule has 6 heteroatoms. The zero-order valence-electron chi connectivity index (χ0n) is 11.3. The molecule has 0 bridgehead atoms. The van der Waals surface area contributed by atoms with Gasteiger partial charge >= 0.3 is 5.97 Å². The second-order valence-electron chi connectivity index (χ2n) is 4.78. The van der Waals surface area contributed by atoms with E-state index in [1.54, 1.807) is 29.5 Å². The summed E-state index contributed by atoms with van der Waals surface area (Å²) in [5, 5.41) is 11.1. The van der Waals surface area contributed by atoms with Gasteiger partial charge in [0, 0.05) is 6.42 Å². The van der Waals surface area contributed by atoms with Crippen LogP contribution < -0.4 is 0 Å². The van der Waals surface area contributed by atoms with Crippen LogP contribution in [0.15, 0.2) is 36.4 Å². The SMILES string of the molecule is O=C(O)c1ccccc1CCc1nc2c(Cl)c(Cl)ccc2s1. The Morgan fingerprint density at radius 1 is 1.14 bits per heavy atom. The number of carbonyl (C=O) groups is 1. The predicted octanol–water partition coefficient (Wildman–Crippen LogP) is 5.09. The third kappa shape index (κ3) is 2.95. The Balaban J connectivity index is 1.86. The summed E-state index contributed by atoms with van der Waals surface area (Å²) in [6.07, 6.45) is 1.28. The Labute approximate surface area is 141 Å². The van der Waals surface area contributed by atoms with E-state index in [-0.39, 0.29) is 0 Å². The molecular weight excluding hydrogens is 341 g/mol. The zero-order chi connectivity index (χ0) is 15.7. The normalized spacial score (nSPS) is 11.0. The van der Waals surface area contributed by atoms with Crippen LogP contribution in [0.1, 0.15) is 20.9 Å². The van der Waals surface area contributed by atoms with Gasteiger partial charge in [0.05, 0.1) is 25.3 Å². The highest BCUT2D eigenvalue weighted by Gasteiger charge is 2.12. The number of fused-ring (bicyclic) bond motifs is 1. The van der Waals surface area contributed by atoms with E-state index in [9.17, 15) is 9.90 Å². The maximum absolute atomic E-state index is 11.2. The van der Waals surface area contributed by atoms with Crippen molar-refractivity contribution in [2.75, 3.05) is 0 Å². The molecule has 3 aromatic rings. The summed E-state index contributed by atoms with van der Waals surface area (Å²) in [5.74, 6) is -0.908. The van der Waals surface area contributed by atoms with Crippen LogP contribution >= 0.6 is 34.5 Å². The Bertz CT molecular complexity index is 860. The van der Waals surface area contributed by atoms with Gasteiger partial charge in [-0.1, -0.05) is 41.4 Å². The maximum Gasteiger partial charge on any atom is 0.335 e. The van der Waals surface area contributed by atoms with Gasteiger partial charge in [-0.05, 0) is 30.2 Å². The van der Waals surface area contributed by atoms with Crippen LogP contribution in [0.25, 0.3) is 10.2 Å². The lowest BCUT2D eigenvalue weighted by Crippen LogP contribution is -2.03. The van der Waals surface area contributed by atoms with Crippen molar-refractivity contribution in [3.63, 3.8) is 0 Å². The molecule has 3 nitrogen and oxygen atoms in total. The molecule has 0 amide bonds. The second-order valence-corrected chi connectivity index (χ2v) is 6.68. The van der Waals surface area contributed by atoms with Crippen LogP contribution in [-0.4, -0.2) is 16.1 Å². The quantitative estimate of drug-likeness (QED) is 0.712. The van der Waals surface area contributed by atoms with Gasteiger partial charge in [-0.3, -0.25) is 0 Å². The smallest absolute Gasteiger partial charge is 0.335 e. The number of aromatic nitrogens is 1. The molecular formula is C16H11Cl2NO2S. The minimum Gasteiger partial charge on any atom is -0.478 e. The topological polar surface area (TPSA) is 50.2 Å². The molecule has 3 rings (SSSR count). The Morgan fingerprint density at radius 3 is 2.68 bits per heavy atom. The molecule has 0 aliphatic heterocycles. The van der Waals surface area contributed by atoms with Gasteiger partial charge in [-0.15, -0.1) is 11.3 Å². The highest BCUT2D eigenvalue weighted by molar-refractivity contribution is 7.18. The predicted molar refractivity (Wildman–Crippen MR) is 90.4 cm³/mol. The molecule has 0 aliphatic rings. The molecule has 0 unspecified atom stereocenters. The van der Waals surface area contributed by atoms with Crippen molar-refractivity contribution in [3.05, 3.63) is 62.6 Å². The lowest BCUT2D eigenvalue weighted by molar-refractivity contribution is 0.0695. The molecule has 1 N–H and O–H groups in total. The number of carboxylic acid groups (broad SMARTS) is 1. The highest BCUT2D eigenvalue weighted by atomic mass is 35.5. The van der Waals surface area contributed by atoms with Crippen LogP contribution in [0.4, 0.5) is 0 Å². The fourth-order valence-electron chi connectivity index (χ4n) is 2.28. The largest absolute Gasteiger partial charge is 0.478 e. The van der Waals surface area contributed by atoms with Gasteiger partial charge in [-0.2, -0.15) is 0 Å². The number of thiazole rings is 1. The molecule has 112 valence electrons. The van der Waals surface area contributed by atoms with Crippen molar-refractivity contribution in [3.8, 4) is 0 Å². The molecule has 2 aromatic carbocycles. The number of benzene rings is 2. The van der Waals surface area contributed by atoms with Crippen LogP contribution in [0.5, 0.6) is 0 Å².